The summed E-state index contributed by atoms with van der Waals surface area (Å²) in [5, 5.41) is 0. The van der Waals surface area contributed by atoms with E-state index in [4.69, 9.17) is 4.74 Å². The maximum Gasteiger partial charge on any atom is 0.114 e. The molecule has 0 saturated heterocycles. The van der Waals surface area contributed by atoms with Crippen molar-refractivity contribution in [3.05, 3.63) is 24.5 Å². The average molecular weight is 155 g/mol. The van der Waals surface area contributed by atoms with Crippen LogP contribution >= 0.6 is 0 Å². The number of allylic oxidation sites excluding steroid dienone is 1. The van der Waals surface area contributed by atoms with Crippen molar-refractivity contribution in [3.63, 3.8) is 0 Å². The summed E-state index contributed by atoms with van der Waals surface area (Å²) < 4.78 is 5.28. The van der Waals surface area contributed by atoms with Crippen molar-refractivity contribution in [2.45, 2.75) is 6.92 Å². The van der Waals surface area contributed by atoms with E-state index in [9.17, 15) is 0 Å². The molecule has 0 aromatic heterocycles. The molecule has 0 spiro atoms. The first-order chi connectivity index (χ1) is 5.04. The summed E-state index contributed by atoms with van der Waals surface area (Å²) in [5.74, 6) is 0.687. The molecule has 0 atom stereocenters. The first-order valence-electron chi connectivity index (χ1n) is 3.66. The Morgan fingerprint density at radius 3 is 2.27 bits per heavy atom. The molecule has 0 aromatic rings. The van der Waals surface area contributed by atoms with Crippen LogP contribution in [0.1, 0.15) is 6.92 Å². The van der Waals surface area contributed by atoms with Crippen molar-refractivity contribution in [3.8, 4) is 0 Å². The summed E-state index contributed by atoms with van der Waals surface area (Å²) in [6.45, 7) is 10.9. The van der Waals surface area contributed by atoms with Gasteiger partial charge in [-0.3, -0.25) is 0 Å². The number of hydrogen-bond acceptors (Lipinski definition) is 2. The monoisotopic (exact) mass is 155 g/mol. The average Bonchev–Trinajstić information content (AvgIpc) is 1.86. The van der Waals surface area contributed by atoms with Gasteiger partial charge in [-0.1, -0.05) is 13.2 Å². The summed E-state index contributed by atoms with van der Waals surface area (Å²) in [7, 11) is 4.01. The van der Waals surface area contributed by atoms with E-state index in [-0.39, 0.29) is 0 Å². The molecule has 2 nitrogen and oxygen atoms in total. The van der Waals surface area contributed by atoms with Crippen LogP contribution in [0.4, 0.5) is 0 Å². The topological polar surface area (TPSA) is 12.5 Å². The highest BCUT2D eigenvalue weighted by Crippen LogP contribution is 2.03. The van der Waals surface area contributed by atoms with E-state index in [1.54, 1.807) is 0 Å². The Hall–Kier alpha value is -0.760. The lowest BCUT2D eigenvalue weighted by molar-refractivity contribution is 0.191. The highest BCUT2D eigenvalue weighted by molar-refractivity contribution is 5.15. The summed E-state index contributed by atoms with van der Waals surface area (Å²) >= 11 is 0. The molecule has 0 N–H and O–H groups in total. The molecule has 0 rings (SSSR count). The molecule has 11 heavy (non-hydrogen) atoms. The van der Waals surface area contributed by atoms with Crippen molar-refractivity contribution < 1.29 is 4.74 Å². The van der Waals surface area contributed by atoms with Gasteiger partial charge in [-0.2, -0.15) is 0 Å². The molecule has 0 bridgehead atoms. The molecular weight excluding hydrogens is 138 g/mol. The van der Waals surface area contributed by atoms with Crippen LogP contribution in [0.25, 0.3) is 0 Å². The molecule has 0 aliphatic heterocycles. The molecular formula is C9H17NO. The van der Waals surface area contributed by atoms with Crippen molar-refractivity contribution in [1.82, 2.24) is 4.90 Å². The van der Waals surface area contributed by atoms with Gasteiger partial charge in [-0.05, 0) is 26.6 Å². The molecule has 64 valence electrons. The van der Waals surface area contributed by atoms with Crippen LogP contribution in [0.2, 0.25) is 0 Å². The SMILES string of the molecule is C=C(C)C(=C)OCCN(C)C. The Morgan fingerprint density at radius 1 is 1.36 bits per heavy atom. The Labute approximate surface area is 69.2 Å². The summed E-state index contributed by atoms with van der Waals surface area (Å²) in [4.78, 5) is 2.06. The van der Waals surface area contributed by atoms with Gasteiger partial charge in [0.25, 0.3) is 0 Å². The van der Waals surface area contributed by atoms with Gasteiger partial charge in [0, 0.05) is 6.54 Å². The molecule has 0 aromatic carbocycles. The lowest BCUT2D eigenvalue weighted by atomic mass is 10.3. The van der Waals surface area contributed by atoms with E-state index in [1.165, 1.54) is 0 Å². The van der Waals surface area contributed by atoms with Crippen molar-refractivity contribution in [1.29, 1.82) is 0 Å². The molecule has 0 aliphatic rings. The fraction of sp³-hybridized carbons (Fsp3) is 0.556. The fourth-order valence-corrected chi connectivity index (χ4v) is 0.475. The smallest absolute Gasteiger partial charge is 0.114 e. The van der Waals surface area contributed by atoms with E-state index < -0.39 is 0 Å². The van der Waals surface area contributed by atoms with E-state index in [0.29, 0.717) is 12.4 Å². The van der Waals surface area contributed by atoms with Gasteiger partial charge < -0.3 is 9.64 Å². The van der Waals surface area contributed by atoms with Gasteiger partial charge in [-0.25, -0.2) is 0 Å². The molecule has 0 radical (unpaired) electrons. The number of rotatable bonds is 5. The lowest BCUT2D eigenvalue weighted by Gasteiger charge is -2.12. The predicted octanol–water partition coefficient (Wildman–Crippen LogP) is 1.65. The molecule has 0 fully saturated rings. The Kier molecular flexibility index (Phi) is 4.62. The number of nitrogens with zero attached hydrogens (tertiary/aromatic N) is 1. The molecule has 2 heteroatoms. The standard InChI is InChI=1S/C9H17NO/c1-8(2)9(3)11-7-6-10(4)5/h1,3,6-7H2,2,4-5H3. The largest absolute Gasteiger partial charge is 0.493 e. The summed E-state index contributed by atoms with van der Waals surface area (Å²) in [6, 6.07) is 0. The predicted molar refractivity (Wildman–Crippen MR) is 48.5 cm³/mol. The number of likely N-dealkylation sites (N-methyl/N-ethyl adjacent to an activating group) is 1. The van der Waals surface area contributed by atoms with E-state index in [0.717, 1.165) is 12.1 Å². The third-order valence-corrected chi connectivity index (χ3v) is 1.29. The highest BCUT2D eigenvalue weighted by atomic mass is 16.5. The molecule has 0 heterocycles. The van der Waals surface area contributed by atoms with Crippen LogP contribution in [0, 0.1) is 0 Å². The third kappa shape index (κ3) is 5.67. The molecule has 0 unspecified atom stereocenters. The van der Waals surface area contributed by atoms with Crippen LogP contribution in [-0.4, -0.2) is 32.1 Å². The fourth-order valence-electron chi connectivity index (χ4n) is 0.475. The van der Waals surface area contributed by atoms with Crippen LogP contribution in [-0.2, 0) is 4.74 Å². The first kappa shape index (κ1) is 10.2. The van der Waals surface area contributed by atoms with Crippen molar-refractivity contribution in [2.75, 3.05) is 27.2 Å². The zero-order valence-electron chi connectivity index (χ0n) is 7.68. The molecule has 0 saturated carbocycles. The van der Waals surface area contributed by atoms with E-state index in [1.807, 2.05) is 21.0 Å². The molecule has 0 amide bonds. The van der Waals surface area contributed by atoms with Gasteiger partial charge in [0.1, 0.15) is 12.4 Å². The number of ether oxygens (including phenoxy) is 1. The van der Waals surface area contributed by atoms with Gasteiger partial charge in [0.15, 0.2) is 0 Å². The second-order valence-corrected chi connectivity index (χ2v) is 2.86. The maximum absolute atomic E-state index is 5.28. The van der Waals surface area contributed by atoms with E-state index in [2.05, 4.69) is 18.1 Å². The zero-order chi connectivity index (χ0) is 8.85. The quantitative estimate of drug-likeness (QED) is 0.442. The van der Waals surface area contributed by atoms with E-state index >= 15 is 0 Å². The van der Waals surface area contributed by atoms with Gasteiger partial charge in [0.05, 0.1) is 0 Å². The summed E-state index contributed by atoms with van der Waals surface area (Å²) in [5.41, 5.74) is 0.892. The zero-order valence-corrected chi connectivity index (χ0v) is 7.68. The Balaban J connectivity index is 3.40. The van der Waals surface area contributed by atoms with Crippen LogP contribution < -0.4 is 0 Å². The second kappa shape index (κ2) is 4.97. The van der Waals surface area contributed by atoms with Crippen LogP contribution in [0.3, 0.4) is 0 Å². The van der Waals surface area contributed by atoms with Gasteiger partial charge in [-0.15, -0.1) is 0 Å². The lowest BCUT2D eigenvalue weighted by Crippen LogP contribution is -2.17. The van der Waals surface area contributed by atoms with Crippen LogP contribution in [0.5, 0.6) is 0 Å². The minimum Gasteiger partial charge on any atom is -0.493 e. The normalized spacial score (nSPS) is 9.82. The Morgan fingerprint density at radius 2 is 1.91 bits per heavy atom. The first-order valence-corrected chi connectivity index (χ1v) is 3.66. The third-order valence-electron chi connectivity index (χ3n) is 1.29. The van der Waals surface area contributed by atoms with Crippen molar-refractivity contribution >= 4 is 0 Å². The number of hydrogen-bond donors (Lipinski definition) is 0. The second-order valence-electron chi connectivity index (χ2n) is 2.86. The van der Waals surface area contributed by atoms with Crippen LogP contribution in [0.15, 0.2) is 24.5 Å². The van der Waals surface area contributed by atoms with Crippen molar-refractivity contribution in [2.24, 2.45) is 0 Å². The Bertz CT molecular complexity index is 150. The minimum absolute atomic E-state index is 0.679. The maximum atomic E-state index is 5.28. The molecule has 0 aliphatic carbocycles. The van der Waals surface area contributed by atoms with Gasteiger partial charge >= 0.3 is 0 Å². The highest BCUT2D eigenvalue weighted by Gasteiger charge is 1.95. The van der Waals surface area contributed by atoms with Gasteiger partial charge in [0.2, 0.25) is 0 Å². The summed E-state index contributed by atoms with van der Waals surface area (Å²) in [6.07, 6.45) is 0. The minimum atomic E-state index is 0.679.